The van der Waals surface area contributed by atoms with Gasteiger partial charge in [-0.1, -0.05) is 51.2 Å². The summed E-state index contributed by atoms with van der Waals surface area (Å²) in [6.45, 7) is 4.99. The number of amides is 2. The molecule has 0 bridgehead atoms. The van der Waals surface area contributed by atoms with Gasteiger partial charge in [-0.25, -0.2) is 0 Å². The van der Waals surface area contributed by atoms with Gasteiger partial charge in [0, 0.05) is 29.7 Å². The normalized spacial score (nSPS) is 22.5. The number of ether oxygens (including phenoxy) is 1. The molecule has 3 fully saturated rings. The highest BCUT2D eigenvalue weighted by Gasteiger charge is 2.55. The largest absolute Gasteiger partial charge is 0.457 e. The first kappa shape index (κ1) is 30.3. The van der Waals surface area contributed by atoms with Crippen LogP contribution in [0.15, 0.2) is 48.5 Å². The third-order valence-corrected chi connectivity index (χ3v) is 10.00. The van der Waals surface area contributed by atoms with Gasteiger partial charge in [-0.2, -0.15) is 0 Å². The summed E-state index contributed by atoms with van der Waals surface area (Å²) in [5, 5.41) is 14.2. The highest BCUT2D eigenvalue weighted by molar-refractivity contribution is 14.1. The minimum atomic E-state index is -0.824. The van der Waals surface area contributed by atoms with E-state index in [0.29, 0.717) is 19.4 Å². The van der Waals surface area contributed by atoms with E-state index >= 15 is 0 Å². The van der Waals surface area contributed by atoms with Crippen molar-refractivity contribution in [2.24, 2.45) is 5.92 Å². The second-order valence-corrected chi connectivity index (χ2v) is 13.3. The van der Waals surface area contributed by atoms with Crippen molar-refractivity contribution >= 4 is 34.4 Å². The summed E-state index contributed by atoms with van der Waals surface area (Å²) in [5.74, 6) is 1.54. The molecule has 2 aromatic carbocycles. The molecule has 41 heavy (non-hydrogen) atoms. The standard InChI is InChI=1S/C33H44IN3O4/c1-2-3-7-20-37-31(39)29(30(38)25-8-5-4-6-9-25)35-32(40)33(37)18-21-36(22-19-33)23-24-10-14-27(15-11-24)41-28-16-12-26(34)13-17-28/h10-17,25,29-30,38H,2-9,18-23H2,1H3,(H,35,40)/t29?,30-/m1/s1/i34-4. The lowest BCUT2D eigenvalue weighted by Crippen LogP contribution is -2.75. The van der Waals surface area contributed by atoms with E-state index in [1.54, 1.807) is 0 Å². The Balaban J connectivity index is 1.22. The number of carbonyl (C=O) groups excluding carboxylic acids is 2. The Morgan fingerprint density at radius 3 is 2.24 bits per heavy atom. The first-order valence-electron chi connectivity index (χ1n) is 15.4. The second-order valence-electron chi connectivity index (χ2n) is 12.0. The third kappa shape index (κ3) is 7.08. The zero-order chi connectivity index (χ0) is 28.8. The number of piperidine rings is 1. The number of unbranched alkanes of at least 4 members (excludes halogenated alkanes) is 2. The van der Waals surface area contributed by atoms with Crippen LogP contribution in [0.5, 0.6) is 11.5 Å². The summed E-state index contributed by atoms with van der Waals surface area (Å²) < 4.78 is 7.15. The quantitative estimate of drug-likeness (QED) is 0.244. The van der Waals surface area contributed by atoms with Crippen LogP contribution in [-0.4, -0.2) is 64.0 Å². The van der Waals surface area contributed by atoms with Crippen molar-refractivity contribution in [2.75, 3.05) is 19.6 Å². The summed E-state index contributed by atoms with van der Waals surface area (Å²) in [7, 11) is 0. The van der Waals surface area contributed by atoms with Crippen LogP contribution in [0, 0.1) is 9.49 Å². The summed E-state index contributed by atoms with van der Waals surface area (Å²) in [4.78, 5) is 31.9. The van der Waals surface area contributed by atoms with Crippen molar-refractivity contribution in [1.29, 1.82) is 0 Å². The van der Waals surface area contributed by atoms with E-state index in [2.05, 4.69) is 51.9 Å². The number of nitrogens with zero attached hydrogens (tertiary/aromatic N) is 2. The Labute approximate surface area is 258 Å². The number of piperazine rings is 1. The Morgan fingerprint density at radius 1 is 0.976 bits per heavy atom. The molecule has 1 aliphatic carbocycles. The predicted octanol–water partition coefficient (Wildman–Crippen LogP) is 5.88. The van der Waals surface area contributed by atoms with Crippen LogP contribution in [0.1, 0.15) is 76.7 Å². The number of likely N-dealkylation sites (tertiary alicyclic amines) is 1. The average molecular weight is 670 g/mol. The Kier molecular flexibility index (Phi) is 10.2. The molecule has 2 aromatic rings. The summed E-state index contributed by atoms with van der Waals surface area (Å²) >= 11 is 2.28. The number of aliphatic hydroxyl groups is 1. The number of benzene rings is 2. The lowest BCUT2D eigenvalue weighted by atomic mass is 9.78. The van der Waals surface area contributed by atoms with Gasteiger partial charge < -0.3 is 20.1 Å². The number of hydrogen-bond donors (Lipinski definition) is 2. The lowest BCUT2D eigenvalue weighted by molar-refractivity contribution is -0.166. The summed E-state index contributed by atoms with van der Waals surface area (Å²) in [6.07, 6.45) is 8.56. The summed E-state index contributed by atoms with van der Waals surface area (Å²) in [5.41, 5.74) is 0.366. The van der Waals surface area contributed by atoms with Crippen LogP contribution < -0.4 is 10.1 Å². The number of rotatable bonds is 10. The molecule has 2 atom stereocenters. The van der Waals surface area contributed by atoms with Crippen LogP contribution >= 0.6 is 22.6 Å². The fraction of sp³-hybridized carbons (Fsp3) is 0.576. The SMILES string of the molecule is CCCCCN1C(=O)C([C@H](O)C2CCCCC2)NC(=O)C12CCN(Cc1ccc(Oc3ccc([123I])cc3)cc1)CC2. The molecule has 8 heteroatoms. The molecule has 2 saturated heterocycles. The molecule has 2 amide bonds. The van der Waals surface area contributed by atoms with Crippen molar-refractivity contribution in [3.05, 3.63) is 57.7 Å². The first-order valence-corrected chi connectivity index (χ1v) is 16.5. The Morgan fingerprint density at radius 2 is 1.61 bits per heavy atom. The van der Waals surface area contributed by atoms with Crippen molar-refractivity contribution < 1.29 is 19.4 Å². The maximum Gasteiger partial charge on any atom is 0.248 e. The van der Waals surface area contributed by atoms with Gasteiger partial charge in [-0.05, 0) is 103 Å². The number of aliphatic hydroxyl groups excluding tert-OH is 1. The highest BCUT2D eigenvalue weighted by atomic mass is 123. The van der Waals surface area contributed by atoms with Gasteiger partial charge in [0.1, 0.15) is 23.1 Å². The molecule has 222 valence electrons. The maximum atomic E-state index is 13.9. The molecule has 0 aromatic heterocycles. The van der Waals surface area contributed by atoms with Gasteiger partial charge in [-0.3, -0.25) is 14.5 Å². The zero-order valence-electron chi connectivity index (χ0n) is 24.2. The average Bonchev–Trinajstić information content (AvgIpc) is 3.00. The van der Waals surface area contributed by atoms with E-state index < -0.39 is 17.7 Å². The minimum Gasteiger partial charge on any atom is -0.457 e. The predicted molar refractivity (Wildman–Crippen MR) is 169 cm³/mol. The maximum absolute atomic E-state index is 13.9. The molecule has 5 rings (SSSR count). The second kappa shape index (κ2) is 13.9. The van der Waals surface area contributed by atoms with Crippen LogP contribution in [0.4, 0.5) is 0 Å². The van der Waals surface area contributed by atoms with Crippen molar-refractivity contribution in [2.45, 2.75) is 95.4 Å². The molecule has 7 nitrogen and oxygen atoms in total. The molecule has 1 saturated carbocycles. The molecule has 0 radical (unpaired) electrons. The van der Waals surface area contributed by atoms with Crippen molar-refractivity contribution in [1.82, 2.24) is 15.1 Å². The Hall–Kier alpha value is -2.17. The van der Waals surface area contributed by atoms with E-state index in [4.69, 9.17) is 4.74 Å². The monoisotopic (exact) mass is 669 g/mol. The van der Waals surface area contributed by atoms with E-state index in [1.165, 1.54) is 15.6 Å². The van der Waals surface area contributed by atoms with E-state index in [-0.39, 0.29) is 17.7 Å². The molecular formula is C33H44IN3O4. The van der Waals surface area contributed by atoms with Crippen LogP contribution in [0.2, 0.25) is 0 Å². The fourth-order valence-corrected chi connectivity index (χ4v) is 7.16. The fourth-order valence-electron chi connectivity index (χ4n) is 6.80. The van der Waals surface area contributed by atoms with Gasteiger partial charge >= 0.3 is 0 Å². The highest BCUT2D eigenvalue weighted by Crippen LogP contribution is 2.36. The van der Waals surface area contributed by atoms with Gasteiger partial charge in [0.15, 0.2) is 0 Å². The molecule has 1 unspecified atom stereocenters. The topological polar surface area (TPSA) is 82.1 Å². The Bertz CT molecular complexity index is 1160. The van der Waals surface area contributed by atoms with Crippen LogP contribution in [0.3, 0.4) is 0 Å². The minimum absolute atomic E-state index is 0.0785. The molecule has 2 N–H and O–H groups in total. The zero-order valence-corrected chi connectivity index (χ0v) is 26.4. The lowest BCUT2D eigenvalue weighted by Gasteiger charge is -2.52. The smallest absolute Gasteiger partial charge is 0.248 e. The summed E-state index contributed by atoms with van der Waals surface area (Å²) in [6, 6.07) is 15.4. The number of carbonyl (C=O) groups is 2. The van der Waals surface area contributed by atoms with Gasteiger partial charge in [-0.15, -0.1) is 0 Å². The van der Waals surface area contributed by atoms with E-state index in [0.717, 1.165) is 76.1 Å². The van der Waals surface area contributed by atoms with E-state index in [9.17, 15) is 14.7 Å². The molecule has 2 aliphatic heterocycles. The molecule has 3 aliphatic rings. The van der Waals surface area contributed by atoms with Crippen LogP contribution in [0.25, 0.3) is 0 Å². The molecule has 1 spiro atoms. The van der Waals surface area contributed by atoms with Crippen LogP contribution in [-0.2, 0) is 16.1 Å². The first-order chi connectivity index (χ1) is 19.9. The third-order valence-electron chi connectivity index (χ3n) is 9.28. The number of hydrogen-bond acceptors (Lipinski definition) is 5. The van der Waals surface area contributed by atoms with Gasteiger partial charge in [0.05, 0.1) is 6.10 Å². The van der Waals surface area contributed by atoms with Gasteiger partial charge in [0.25, 0.3) is 0 Å². The molecular weight excluding hydrogens is 625 g/mol. The van der Waals surface area contributed by atoms with Crippen molar-refractivity contribution in [3.63, 3.8) is 0 Å². The van der Waals surface area contributed by atoms with E-state index in [1.807, 2.05) is 41.3 Å². The molecule has 2 heterocycles. The van der Waals surface area contributed by atoms with Crippen molar-refractivity contribution in [3.8, 4) is 11.5 Å². The van der Waals surface area contributed by atoms with Gasteiger partial charge in [0.2, 0.25) is 11.8 Å². The number of nitrogens with one attached hydrogen (secondary N) is 1. The number of halogens is 1.